The van der Waals surface area contributed by atoms with Gasteiger partial charge in [-0.3, -0.25) is 4.99 Å². The number of nitrogens with zero attached hydrogens (tertiary/aromatic N) is 1. The first-order chi connectivity index (χ1) is 9.11. The van der Waals surface area contributed by atoms with E-state index < -0.39 is 5.82 Å². The van der Waals surface area contributed by atoms with Crippen LogP contribution in [0.3, 0.4) is 0 Å². The standard InChI is InChI=1S/C14H11ClFNO2/c1-19-10-5-6-13(18)9(7-10)8-17-12-4-2-3-11(15)14(12)16/h2-8,18H,1H3. The number of hydrogen-bond acceptors (Lipinski definition) is 3. The third-order valence-corrected chi connectivity index (χ3v) is 2.80. The Morgan fingerprint density at radius 3 is 2.84 bits per heavy atom. The van der Waals surface area contributed by atoms with Crippen LogP contribution in [0.5, 0.6) is 11.5 Å². The van der Waals surface area contributed by atoms with Crippen molar-refractivity contribution in [3.8, 4) is 11.5 Å². The van der Waals surface area contributed by atoms with Gasteiger partial charge >= 0.3 is 0 Å². The molecule has 0 spiro atoms. The van der Waals surface area contributed by atoms with Crippen LogP contribution in [0, 0.1) is 5.82 Å². The summed E-state index contributed by atoms with van der Waals surface area (Å²) >= 11 is 5.66. The minimum absolute atomic E-state index is 0.00418. The third kappa shape index (κ3) is 3.03. The van der Waals surface area contributed by atoms with Gasteiger partial charge in [-0.05, 0) is 30.3 Å². The minimum atomic E-state index is -0.595. The summed E-state index contributed by atoms with van der Waals surface area (Å²) in [5.41, 5.74) is 0.536. The predicted molar refractivity (Wildman–Crippen MR) is 73.3 cm³/mol. The molecule has 0 amide bonds. The Kier molecular flexibility index (Phi) is 4.02. The van der Waals surface area contributed by atoms with Crippen molar-refractivity contribution in [3.63, 3.8) is 0 Å². The van der Waals surface area contributed by atoms with Gasteiger partial charge in [-0.25, -0.2) is 4.39 Å². The Morgan fingerprint density at radius 1 is 1.32 bits per heavy atom. The molecule has 2 rings (SSSR count). The van der Waals surface area contributed by atoms with Gasteiger partial charge in [-0.1, -0.05) is 17.7 Å². The molecule has 0 bridgehead atoms. The van der Waals surface area contributed by atoms with Crippen LogP contribution in [0.15, 0.2) is 41.4 Å². The SMILES string of the molecule is COc1ccc(O)c(C=Nc2cccc(Cl)c2F)c1. The lowest BCUT2D eigenvalue weighted by molar-refractivity contribution is 0.412. The molecule has 3 nitrogen and oxygen atoms in total. The first kappa shape index (κ1) is 13.4. The summed E-state index contributed by atoms with van der Waals surface area (Å²) in [7, 11) is 1.52. The highest BCUT2D eigenvalue weighted by atomic mass is 35.5. The van der Waals surface area contributed by atoms with E-state index in [9.17, 15) is 9.50 Å². The zero-order chi connectivity index (χ0) is 13.8. The van der Waals surface area contributed by atoms with Crippen LogP contribution in [0.2, 0.25) is 5.02 Å². The van der Waals surface area contributed by atoms with E-state index in [0.717, 1.165) is 0 Å². The zero-order valence-corrected chi connectivity index (χ0v) is 10.9. The fourth-order valence-electron chi connectivity index (χ4n) is 1.49. The third-order valence-electron chi connectivity index (χ3n) is 2.51. The van der Waals surface area contributed by atoms with Crippen molar-refractivity contribution in [2.75, 3.05) is 7.11 Å². The Bertz CT molecular complexity index is 629. The van der Waals surface area contributed by atoms with Crippen LogP contribution in [-0.2, 0) is 0 Å². The molecule has 0 radical (unpaired) electrons. The van der Waals surface area contributed by atoms with E-state index >= 15 is 0 Å². The van der Waals surface area contributed by atoms with E-state index in [2.05, 4.69) is 4.99 Å². The summed E-state index contributed by atoms with van der Waals surface area (Å²) in [4.78, 5) is 3.97. The first-order valence-corrected chi connectivity index (χ1v) is 5.84. The fourth-order valence-corrected chi connectivity index (χ4v) is 1.66. The number of aromatic hydroxyl groups is 1. The van der Waals surface area contributed by atoms with Crippen LogP contribution in [0.1, 0.15) is 5.56 Å². The lowest BCUT2D eigenvalue weighted by Crippen LogP contribution is -1.87. The smallest absolute Gasteiger partial charge is 0.167 e. The average Bonchev–Trinajstić information content (AvgIpc) is 2.42. The van der Waals surface area contributed by atoms with Crippen LogP contribution in [-0.4, -0.2) is 18.4 Å². The van der Waals surface area contributed by atoms with Gasteiger partial charge in [0.05, 0.1) is 12.1 Å². The van der Waals surface area contributed by atoms with Crippen molar-refractivity contribution < 1.29 is 14.2 Å². The summed E-state index contributed by atoms with van der Waals surface area (Å²) in [6.07, 6.45) is 1.35. The number of methoxy groups -OCH3 is 1. The summed E-state index contributed by atoms with van der Waals surface area (Å²) in [5, 5.41) is 9.67. The Balaban J connectivity index is 2.35. The molecule has 0 aliphatic heterocycles. The van der Waals surface area contributed by atoms with Crippen molar-refractivity contribution in [3.05, 3.63) is 52.8 Å². The number of phenols is 1. The highest BCUT2D eigenvalue weighted by Gasteiger charge is 2.05. The summed E-state index contributed by atoms with van der Waals surface area (Å²) < 4.78 is 18.7. The normalized spacial score (nSPS) is 10.9. The van der Waals surface area contributed by atoms with E-state index in [0.29, 0.717) is 11.3 Å². The van der Waals surface area contributed by atoms with Crippen molar-refractivity contribution in [1.29, 1.82) is 0 Å². The molecule has 0 aromatic heterocycles. The van der Waals surface area contributed by atoms with Crippen LogP contribution >= 0.6 is 11.6 Å². The van der Waals surface area contributed by atoms with Gasteiger partial charge in [0.15, 0.2) is 5.82 Å². The summed E-state index contributed by atoms with van der Waals surface area (Å²) in [6, 6.07) is 9.24. The molecule has 0 unspecified atom stereocenters. The molecule has 0 heterocycles. The second-order valence-electron chi connectivity index (χ2n) is 3.76. The lowest BCUT2D eigenvalue weighted by atomic mass is 10.2. The average molecular weight is 280 g/mol. The number of hydrogen-bond donors (Lipinski definition) is 1. The molecule has 19 heavy (non-hydrogen) atoms. The Hall–Kier alpha value is -2.07. The quantitative estimate of drug-likeness (QED) is 0.865. The van der Waals surface area contributed by atoms with E-state index in [4.69, 9.17) is 16.3 Å². The van der Waals surface area contributed by atoms with Crippen molar-refractivity contribution in [1.82, 2.24) is 0 Å². The molecule has 2 aromatic carbocycles. The maximum absolute atomic E-state index is 13.6. The molecular formula is C14H11ClFNO2. The van der Waals surface area contributed by atoms with Gasteiger partial charge in [0.1, 0.15) is 17.2 Å². The topological polar surface area (TPSA) is 41.8 Å². The van der Waals surface area contributed by atoms with Gasteiger partial charge in [0.25, 0.3) is 0 Å². The van der Waals surface area contributed by atoms with E-state index in [1.807, 2.05) is 0 Å². The second-order valence-corrected chi connectivity index (χ2v) is 4.16. The molecule has 0 saturated carbocycles. The van der Waals surface area contributed by atoms with Crippen molar-refractivity contribution >= 4 is 23.5 Å². The van der Waals surface area contributed by atoms with Crippen LogP contribution in [0.4, 0.5) is 10.1 Å². The number of aliphatic imine (C=N–C) groups is 1. The van der Waals surface area contributed by atoms with E-state index in [1.54, 1.807) is 18.2 Å². The van der Waals surface area contributed by atoms with Crippen molar-refractivity contribution in [2.45, 2.75) is 0 Å². The largest absolute Gasteiger partial charge is 0.507 e. The van der Waals surface area contributed by atoms with Crippen molar-refractivity contribution in [2.24, 2.45) is 4.99 Å². The highest BCUT2D eigenvalue weighted by Crippen LogP contribution is 2.26. The highest BCUT2D eigenvalue weighted by molar-refractivity contribution is 6.31. The minimum Gasteiger partial charge on any atom is -0.507 e. The van der Waals surface area contributed by atoms with Crippen LogP contribution in [0.25, 0.3) is 0 Å². The summed E-state index contributed by atoms with van der Waals surface area (Å²) in [6.45, 7) is 0. The summed E-state index contributed by atoms with van der Waals surface area (Å²) in [5.74, 6) is 0.0144. The number of halogens is 2. The first-order valence-electron chi connectivity index (χ1n) is 5.47. The molecule has 5 heteroatoms. The zero-order valence-electron chi connectivity index (χ0n) is 10.1. The molecule has 0 saturated heterocycles. The monoisotopic (exact) mass is 279 g/mol. The van der Waals surface area contributed by atoms with Gasteiger partial charge in [0.2, 0.25) is 0 Å². The van der Waals surface area contributed by atoms with Gasteiger partial charge in [0, 0.05) is 11.8 Å². The predicted octanol–water partition coefficient (Wildman–Crippen LogP) is 3.94. The molecule has 2 aromatic rings. The van der Waals surface area contributed by atoms with E-state index in [-0.39, 0.29) is 16.5 Å². The molecular weight excluding hydrogens is 269 g/mol. The fraction of sp³-hybridized carbons (Fsp3) is 0.0714. The van der Waals surface area contributed by atoms with Gasteiger partial charge < -0.3 is 9.84 Å². The lowest BCUT2D eigenvalue weighted by Gasteiger charge is -2.03. The maximum atomic E-state index is 13.6. The Labute approximate surface area is 114 Å². The molecule has 98 valence electrons. The maximum Gasteiger partial charge on any atom is 0.167 e. The molecule has 0 atom stereocenters. The van der Waals surface area contributed by atoms with Gasteiger partial charge in [-0.2, -0.15) is 0 Å². The Morgan fingerprint density at radius 2 is 2.11 bits per heavy atom. The number of benzene rings is 2. The second kappa shape index (κ2) is 5.71. The number of ether oxygens (including phenoxy) is 1. The van der Waals surface area contributed by atoms with Gasteiger partial charge in [-0.15, -0.1) is 0 Å². The number of rotatable bonds is 3. The molecule has 1 N–H and O–H groups in total. The molecule has 0 aliphatic carbocycles. The number of phenolic OH excluding ortho intramolecular Hbond substituents is 1. The molecule has 0 fully saturated rings. The molecule has 0 aliphatic rings. The van der Waals surface area contributed by atoms with E-state index in [1.165, 1.54) is 31.5 Å². The van der Waals surface area contributed by atoms with Crippen LogP contribution < -0.4 is 4.74 Å².